The lowest BCUT2D eigenvalue weighted by Crippen LogP contribution is -1.82. The molecule has 0 spiro atoms. The molecule has 0 unspecified atom stereocenters. The first-order chi connectivity index (χ1) is 8.20. The first-order valence-electron chi connectivity index (χ1n) is 4.69. The van der Waals surface area contributed by atoms with E-state index in [2.05, 4.69) is 4.98 Å². The molecule has 0 aliphatic heterocycles. The maximum absolute atomic E-state index is 8.74. The van der Waals surface area contributed by atoms with E-state index in [1.54, 1.807) is 36.5 Å². The van der Waals surface area contributed by atoms with Gasteiger partial charge in [-0.15, -0.1) is 0 Å². The third-order valence-electron chi connectivity index (χ3n) is 1.99. The second-order valence-corrected chi connectivity index (χ2v) is 4.99. The number of benzene rings is 1. The summed E-state index contributed by atoms with van der Waals surface area (Å²) >= 11 is 13.4. The molecule has 0 aliphatic rings. The number of hydrogen-bond acceptors (Lipinski definition) is 3. The maximum Gasteiger partial charge on any atom is 0.119 e. The van der Waals surface area contributed by atoms with Crippen LogP contribution in [0.25, 0.3) is 0 Å². The van der Waals surface area contributed by atoms with E-state index < -0.39 is 0 Å². The van der Waals surface area contributed by atoms with Crippen LogP contribution in [-0.2, 0) is 0 Å². The Labute approximate surface area is 113 Å². The lowest BCUT2D eigenvalue weighted by atomic mass is 10.2. The largest absolute Gasteiger partial charge is 0.248 e. The van der Waals surface area contributed by atoms with E-state index in [4.69, 9.17) is 28.5 Å². The first-order valence-corrected chi connectivity index (χ1v) is 6.26. The molecular formula is C12H6Cl2N2S. The van der Waals surface area contributed by atoms with Crippen LogP contribution in [0, 0.1) is 11.3 Å². The minimum Gasteiger partial charge on any atom is -0.248 e. The van der Waals surface area contributed by atoms with E-state index in [0.717, 1.165) is 4.90 Å². The highest BCUT2D eigenvalue weighted by atomic mass is 35.5. The minimum atomic E-state index is 0.524. The van der Waals surface area contributed by atoms with E-state index in [0.29, 0.717) is 20.6 Å². The van der Waals surface area contributed by atoms with Gasteiger partial charge >= 0.3 is 0 Å². The van der Waals surface area contributed by atoms with Crippen molar-refractivity contribution in [1.29, 1.82) is 5.26 Å². The number of nitriles is 1. The van der Waals surface area contributed by atoms with Crippen LogP contribution in [0.5, 0.6) is 0 Å². The third kappa shape index (κ3) is 2.92. The van der Waals surface area contributed by atoms with Gasteiger partial charge in [0.1, 0.15) is 5.03 Å². The van der Waals surface area contributed by atoms with Gasteiger partial charge in [0.2, 0.25) is 0 Å². The molecule has 0 amide bonds. The van der Waals surface area contributed by atoms with Crippen LogP contribution in [-0.4, -0.2) is 4.98 Å². The molecule has 0 fully saturated rings. The lowest BCUT2D eigenvalue weighted by Gasteiger charge is -2.04. The number of aromatic nitrogens is 1. The molecule has 0 aliphatic carbocycles. The molecule has 5 heteroatoms. The second-order valence-electron chi connectivity index (χ2n) is 3.15. The van der Waals surface area contributed by atoms with Gasteiger partial charge in [0.15, 0.2) is 0 Å². The maximum atomic E-state index is 8.74. The fraction of sp³-hybridized carbons (Fsp3) is 0. The third-order valence-corrected chi connectivity index (χ3v) is 3.93. The molecule has 17 heavy (non-hydrogen) atoms. The molecule has 0 saturated carbocycles. The van der Waals surface area contributed by atoms with Gasteiger partial charge in [0.25, 0.3) is 0 Å². The number of pyridine rings is 1. The molecule has 84 valence electrons. The Balaban J connectivity index is 2.32. The van der Waals surface area contributed by atoms with Crippen LogP contribution in [0.3, 0.4) is 0 Å². The SMILES string of the molecule is N#Cc1ccc(Sc2ncccc2Cl)c(Cl)c1. The Hall–Kier alpha value is -1.21. The summed E-state index contributed by atoms with van der Waals surface area (Å²) in [5.41, 5.74) is 0.534. The van der Waals surface area contributed by atoms with E-state index in [9.17, 15) is 0 Å². The van der Waals surface area contributed by atoms with Crippen LogP contribution < -0.4 is 0 Å². The smallest absolute Gasteiger partial charge is 0.119 e. The average molecular weight is 281 g/mol. The van der Waals surface area contributed by atoms with Crippen molar-refractivity contribution in [2.45, 2.75) is 9.92 Å². The molecule has 1 heterocycles. The second kappa shape index (κ2) is 5.42. The molecule has 2 nitrogen and oxygen atoms in total. The summed E-state index contributed by atoms with van der Waals surface area (Å²) in [4.78, 5) is 4.99. The topological polar surface area (TPSA) is 36.7 Å². The normalized spacial score (nSPS) is 9.94. The number of nitrogens with zero attached hydrogens (tertiary/aromatic N) is 2. The predicted octanol–water partition coefficient (Wildman–Crippen LogP) is 4.41. The molecule has 0 saturated heterocycles. The van der Waals surface area contributed by atoms with Crippen molar-refractivity contribution in [3.8, 4) is 6.07 Å². The van der Waals surface area contributed by atoms with E-state index in [1.807, 2.05) is 6.07 Å². The lowest BCUT2D eigenvalue weighted by molar-refractivity contribution is 1.13. The Morgan fingerprint density at radius 3 is 2.65 bits per heavy atom. The van der Waals surface area contributed by atoms with Crippen molar-refractivity contribution in [3.63, 3.8) is 0 Å². The van der Waals surface area contributed by atoms with Gasteiger partial charge in [-0.3, -0.25) is 0 Å². The average Bonchev–Trinajstić information content (AvgIpc) is 2.34. The Morgan fingerprint density at radius 2 is 2.00 bits per heavy atom. The highest BCUT2D eigenvalue weighted by Gasteiger charge is 2.07. The molecule has 0 radical (unpaired) electrons. The van der Waals surface area contributed by atoms with E-state index in [-0.39, 0.29) is 0 Å². The fourth-order valence-corrected chi connectivity index (χ4v) is 2.52. The standard InChI is InChI=1S/C12H6Cl2N2S/c13-9-2-1-5-16-12(9)17-11-4-3-8(7-15)6-10(11)14/h1-6H. The molecule has 0 N–H and O–H groups in total. The summed E-state index contributed by atoms with van der Waals surface area (Å²) in [5.74, 6) is 0. The van der Waals surface area contributed by atoms with E-state index >= 15 is 0 Å². The molecular weight excluding hydrogens is 275 g/mol. The molecule has 1 aromatic heterocycles. The van der Waals surface area contributed by atoms with Crippen molar-refractivity contribution in [2.24, 2.45) is 0 Å². The molecule has 2 aromatic rings. The van der Waals surface area contributed by atoms with Gasteiger partial charge in [-0.25, -0.2) is 4.98 Å². The summed E-state index contributed by atoms with van der Waals surface area (Å²) in [7, 11) is 0. The van der Waals surface area contributed by atoms with Crippen molar-refractivity contribution in [2.75, 3.05) is 0 Å². The quantitative estimate of drug-likeness (QED) is 0.818. The predicted molar refractivity (Wildman–Crippen MR) is 69.5 cm³/mol. The van der Waals surface area contributed by atoms with Crippen LogP contribution in [0.2, 0.25) is 10.0 Å². The Kier molecular flexibility index (Phi) is 3.90. The molecule has 1 aromatic carbocycles. The van der Waals surface area contributed by atoms with Crippen molar-refractivity contribution >= 4 is 35.0 Å². The zero-order valence-electron chi connectivity index (χ0n) is 8.52. The van der Waals surface area contributed by atoms with Crippen LogP contribution in [0.1, 0.15) is 5.56 Å². The summed E-state index contributed by atoms with van der Waals surface area (Å²) in [5, 5.41) is 10.5. The van der Waals surface area contributed by atoms with Crippen LogP contribution in [0.15, 0.2) is 46.5 Å². The fourth-order valence-electron chi connectivity index (χ4n) is 1.20. The molecule has 0 bridgehead atoms. The summed E-state index contributed by atoms with van der Waals surface area (Å²) in [6.07, 6.45) is 1.67. The number of hydrogen-bond donors (Lipinski definition) is 0. The van der Waals surface area contributed by atoms with Crippen molar-refractivity contribution in [1.82, 2.24) is 4.98 Å². The highest BCUT2D eigenvalue weighted by Crippen LogP contribution is 2.35. The minimum absolute atomic E-state index is 0.524. The zero-order chi connectivity index (χ0) is 12.3. The number of rotatable bonds is 2. The zero-order valence-corrected chi connectivity index (χ0v) is 10.9. The number of halogens is 2. The highest BCUT2D eigenvalue weighted by molar-refractivity contribution is 7.99. The van der Waals surface area contributed by atoms with Gasteiger partial charge in [-0.2, -0.15) is 5.26 Å². The summed E-state index contributed by atoms with van der Waals surface area (Å²) in [6.45, 7) is 0. The van der Waals surface area contributed by atoms with Gasteiger partial charge in [0.05, 0.1) is 21.7 Å². The van der Waals surface area contributed by atoms with Crippen LogP contribution in [0.4, 0.5) is 0 Å². The van der Waals surface area contributed by atoms with Gasteiger partial charge < -0.3 is 0 Å². The van der Waals surface area contributed by atoms with Gasteiger partial charge in [-0.05, 0) is 30.3 Å². The van der Waals surface area contributed by atoms with Gasteiger partial charge in [0, 0.05) is 11.1 Å². The Bertz CT molecular complexity index is 593. The molecule has 2 rings (SSSR count). The molecule has 0 atom stereocenters. The van der Waals surface area contributed by atoms with Gasteiger partial charge in [-0.1, -0.05) is 35.0 Å². The Morgan fingerprint density at radius 1 is 1.18 bits per heavy atom. The van der Waals surface area contributed by atoms with Crippen molar-refractivity contribution < 1.29 is 0 Å². The monoisotopic (exact) mass is 280 g/mol. The van der Waals surface area contributed by atoms with Crippen LogP contribution >= 0.6 is 35.0 Å². The first kappa shape index (κ1) is 12.3. The summed E-state index contributed by atoms with van der Waals surface area (Å²) < 4.78 is 0. The summed E-state index contributed by atoms with van der Waals surface area (Å²) in [6, 6.07) is 10.7. The van der Waals surface area contributed by atoms with Crippen molar-refractivity contribution in [3.05, 3.63) is 52.1 Å². The van der Waals surface area contributed by atoms with E-state index in [1.165, 1.54) is 11.8 Å².